The van der Waals surface area contributed by atoms with Crippen molar-refractivity contribution < 1.29 is 19.8 Å². The molecular formula is C11H22O4Si. The average Bonchev–Trinajstić information content (AvgIpc) is 1.98. The number of carbonyl (C=O) groups is 2. The Morgan fingerprint density at radius 3 is 1.56 bits per heavy atom. The molecule has 0 saturated carbocycles. The van der Waals surface area contributed by atoms with Gasteiger partial charge in [0, 0.05) is 12.8 Å². The number of hydrogen-bond donors (Lipinski definition) is 2. The van der Waals surface area contributed by atoms with Gasteiger partial charge in [0.2, 0.25) is 0 Å². The third kappa shape index (κ3) is 3.96. The zero-order valence-electron chi connectivity index (χ0n) is 10.7. The molecule has 0 atom stereocenters. The molecule has 0 unspecified atom stereocenters. The number of hydrogen-bond acceptors (Lipinski definition) is 2. The van der Waals surface area contributed by atoms with Crippen LogP contribution in [0.5, 0.6) is 0 Å². The van der Waals surface area contributed by atoms with Gasteiger partial charge in [0.05, 0.1) is 8.07 Å². The molecule has 4 nitrogen and oxygen atoms in total. The predicted molar refractivity (Wildman–Crippen MR) is 65.5 cm³/mol. The van der Waals surface area contributed by atoms with Crippen molar-refractivity contribution in [3.8, 4) is 0 Å². The van der Waals surface area contributed by atoms with Crippen molar-refractivity contribution in [3.63, 3.8) is 0 Å². The highest BCUT2D eigenvalue weighted by molar-refractivity contribution is 6.81. The van der Waals surface area contributed by atoms with E-state index in [4.69, 9.17) is 10.2 Å². The third-order valence-corrected chi connectivity index (χ3v) is 10.1. The molecule has 0 saturated heterocycles. The molecule has 5 heteroatoms. The number of carboxylic acid groups (broad SMARTS) is 2. The summed E-state index contributed by atoms with van der Waals surface area (Å²) >= 11 is 0. The van der Waals surface area contributed by atoms with Gasteiger partial charge in [-0.2, -0.15) is 0 Å². The topological polar surface area (TPSA) is 74.6 Å². The van der Waals surface area contributed by atoms with E-state index < -0.39 is 20.0 Å². The van der Waals surface area contributed by atoms with Gasteiger partial charge in [0.1, 0.15) is 0 Å². The summed E-state index contributed by atoms with van der Waals surface area (Å²) in [7, 11) is -1.92. The van der Waals surface area contributed by atoms with E-state index >= 15 is 0 Å². The van der Waals surface area contributed by atoms with Crippen molar-refractivity contribution in [2.24, 2.45) is 0 Å². The molecule has 2 N–H and O–H groups in total. The second-order valence-corrected chi connectivity index (χ2v) is 11.6. The first-order valence-corrected chi connectivity index (χ1v) is 8.50. The van der Waals surface area contributed by atoms with Gasteiger partial charge in [-0.3, -0.25) is 9.59 Å². The minimum atomic E-state index is -1.92. The lowest BCUT2D eigenvalue weighted by Crippen LogP contribution is -2.43. The number of carboxylic acids is 2. The fourth-order valence-electron chi connectivity index (χ4n) is 1.62. The quantitative estimate of drug-likeness (QED) is 0.731. The summed E-state index contributed by atoms with van der Waals surface area (Å²) in [6.07, 6.45) is -0.0778. The molecule has 0 heterocycles. The maximum atomic E-state index is 10.8. The molecule has 94 valence electrons. The van der Waals surface area contributed by atoms with E-state index in [1.165, 1.54) is 0 Å². The Morgan fingerprint density at radius 1 is 1.06 bits per heavy atom. The largest absolute Gasteiger partial charge is 0.481 e. The summed E-state index contributed by atoms with van der Waals surface area (Å²) in [5.74, 6) is -1.81. The molecule has 0 aromatic heterocycles. The maximum Gasteiger partial charge on any atom is 0.303 e. The minimum absolute atomic E-state index is 0.00255. The summed E-state index contributed by atoms with van der Waals surface area (Å²) in [5, 5.41) is 17.7. The van der Waals surface area contributed by atoms with Crippen LogP contribution < -0.4 is 0 Å². The van der Waals surface area contributed by atoms with Crippen LogP contribution >= 0.6 is 0 Å². The zero-order chi connectivity index (χ0) is 13.1. The van der Waals surface area contributed by atoms with Crippen LogP contribution in [-0.4, -0.2) is 30.2 Å². The average molecular weight is 246 g/mol. The highest BCUT2D eigenvalue weighted by Crippen LogP contribution is 2.46. The first-order chi connectivity index (χ1) is 6.98. The Hall–Kier alpha value is -0.843. The van der Waals surface area contributed by atoms with Crippen molar-refractivity contribution in [1.29, 1.82) is 0 Å². The van der Waals surface area contributed by atoms with Crippen LogP contribution in [0, 0.1) is 0 Å². The van der Waals surface area contributed by atoms with E-state index in [-0.39, 0.29) is 23.4 Å². The van der Waals surface area contributed by atoms with Crippen LogP contribution in [0.4, 0.5) is 0 Å². The Kier molecular flexibility index (Phi) is 4.73. The lowest BCUT2D eigenvalue weighted by atomic mass is 10.2. The lowest BCUT2D eigenvalue weighted by molar-refractivity contribution is -0.138. The Bertz CT molecular complexity index is 262. The molecule has 0 bridgehead atoms. The van der Waals surface area contributed by atoms with Crippen LogP contribution in [0.3, 0.4) is 0 Å². The highest BCUT2D eigenvalue weighted by atomic mass is 28.3. The molecule has 0 aliphatic rings. The van der Waals surface area contributed by atoms with Gasteiger partial charge in [-0.1, -0.05) is 33.9 Å². The summed E-state index contributed by atoms with van der Waals surface area (Å²) in [5.41, 5.74) is -0.220. The van der Waals surface area contributed by atoms with Crippen molar-refractivity contribution in [2.45, 2.75) is 57.3 Å². The van der Waals surface area contributed by atoms with E-state index in [9.17, 15) is 9.59 Å². The van der Waals surface area contributed by atoms with Crippen molar-refractivity contribution in [2.75, 3.05) is 0 Å². The molecule has 0 aromatic rings. The first kappa shape index (κ1) is 15.2. The summed E-state index contributed by atoms with van der Waals surface area (Å²) in [6.45, 7) is 10.3. The molecule has 0 aliphatic carbocycles. The SMILES string of the molecule is CC(C)(C)[Si](C)(C)C(CC(=O)O)CC(=O)O. The van der Waals surface area contributed by atoms with Gasteiger partial charge in [0.25, 0.3) is 0 Å². The Labute approximate surface area is 97.7 Å². The third-order valence-electron chi connectivity index (χ3n) is 3.80. The molecule has 0 amide bonds. The second kappa shape index (κ2) is 4.99. The minimum Gasteiger partial charge on any atom is -0.481 e. The van der Waals surface area contributed by atoms with Crippen LogP contribution in [0.15, 0.2) is 0 Å². The van der Waals surface area contributed by atoms with Gasteiger partial charge in [-0.15, -0.1) is 0 Å². The number of rotatable bonds is 5. The number of aliphatic carboxylic acids is 2. The van der Waals surface area contributed by atoms with E-state index in [0.717, 1.165) is 0 Å². The van der Waals surface area contributed by atoms with Gasteiger partial charge in [-0.25, -0.2) is 0 Å². The molecule has 0 aromatic carbocycles. The molecule has 0 spiro atoms. The Balaban J connectivity index is 5.01. The van der Waals surface area contributed by atoms with Crippen LogP contribution in [-0.2, 0) is 9.59 Å². The van der Waals surface area contributed by atoms with E-state index in [1.807, 2.05) is 0 Å². The summed E-state index contributed by atoms with van der Waals surface area (Å²) in [6, 6.07) is 0. The molecule has 0 fully saturated rings. The van der Waals surface area contributed by atoms with E-state index in [2.05, 4.69) is 33.9 Å². The summed E-state index contributed by atoms with van der Waals surface area (Å²) in [4.78, 5) is 21.6. The molecule has 0 rings (SSSR count). The van der Waals surface area contributed by atoms with Gasteiger partial charge < -0.3 is 10.2 Å². The molecular weight excluding hydrogens is 224 g/mol. The van der Waals surface area contributed by atoms with Crippen molar-refractivity contribution >= 4 is 20.0 Å². The van der Waals surface area contributed by atoms with Gasteiger partial charge >= 0.3 is 11.9 Å². The van der Waals surface area contributed by atoms with Crippen LogP contribution in [0.2, 0.25) is 23.7 Å². The lowest BCUT2D eigenvalue weighted by Gasteiger charge is -2.42. The maximum absolute atomic E-state index is 10.8. The van der Waals surface area contributed by atoms with Crippen molar-refractivity contribution in [1.82, 2.24) is 0 Å². The van der Waals surface area contributed by atoms with E-state index in [0.29, 0.717) is 0 Å². The predicted octanol–water partition coefficient (Wildman–Crippen LogP) is 2.81. The molecule has 0 radical (unpaired) electrons. The molecule has 16 heavy (non-hydrogen) atoms. The van der Waals surface area contributed by atoms with Crippen LogP contribution in [0.25, 0.3) is 0 Å². The van der Waals surface area contributed by atoms with Gasteiger partial charge in [-0.05, 0) is 10.6 Å². The zero-order valence-corrected chi connectivity index (χ0v) is 11.7. The fraction of sp³-hybridized carbons (Fsp3) is 0.818. The highest BCUT2D eigenvalue weighted by Gasteiger charge is 2.43. The molecule has 0 aliphatic heterocycles. The smallest absolute Gasteiger partial charge is 0.303 e. The Morgan fingerprint density at radius 2 is 1.38 bits per heavy atom. The van der Waals surface area contributed by atoms with E-state index in [1.54, 1.807) is 0 Å². The van der Waals surface area contributed by atoms with Crippen LogP contribution in [0.1, 0.15) is 33.6 Å². The summed E-state index contributed by atoms with van der Waals surface area (Å²) < 4.78 is 0. The first-order valence-electron chi connectivity index (χ1n) is 5.42. The normalized spacial score (nSPS) is 12.9. The monoisotopic (exact) mass is 246 g/mol. The van der Waals surface area contributed by atoms with Gasteiger partial charge in [0.15, 0.2) is 0 Å². The fourth-order valence-corrected chi connectivity index (χ4v) is 4.21. The van der Waals surface area contributed by atoms with Crippen molar-refractivity contribution in [3.05, 3.63) is 0 Å². The second-order valence-electron chi connectivity index (χ2n) is 5.86. The standard InChI is InChI=1S/C11H22O4Si/c1-11(2,3)16(4,5)8(6-9(12)13)7-10(14)15/h8H,6-7H2,1-5H3,(H,12,13)(H,14,15).